The van der Waals surface area contributed by atoms with Gasteiger partial charge in [-0.3, -0.25) is 0 Å². The summed E-state index contributed by atoms with van der Waals surface area (Å²) in [7, 11) is -4.14. The predicted octanol–water partition coefficient (Wildman–Crippen LogP) is 1.14. The second kappa shape index (κ2) is 5.85. The summed E-state index contributed by atoms with van der Waals surface area (Å²) in [5.41, 5.74) is 0.902. The van der Waals surface area contributed by atoms with E-state index in [0.29, 0.717) is 5.69 Å². The van der Waals surface area contributed by atoms with Crippen molar-refractivity contribution in [2.45, 2.75) is 18.7 Å². The van der Waals surface area contributed by atoms with E-state index < -0.39 is 26.7 Å². The van der Waals surface area contributed by atoms with Gasteiger partial charge in [0.25, 0.3) is 0 Å². The summed E-state index contributed by atoms with van der Waals surface area (Å²) < 4.78 is 42.4. The highest BCUT2D eigenvalue weighted by Crippen LogP contribution is 2.19. The Labute approximate surface area is 126 Å². The number of rotatable bonds is 4. The highest BCUT2D eigenvalue weighted by atomic mass is 32.2. The molecule has 1 aromatic carbocycles. The number of hydrogen-bond donors (Lipinski definition) is 1. The SMILES string of the molecule is CCOC(=O)c1cc(C)n(-c2ccc(S(N)(=O)=O)c(F)c2)n1. The molecule has 0 saturated carbocycles. The van der Waals surface area contributed by atoms with Crippen LogP contribution in [0.4, 0.5) is 4.39 Å². The minimum absolute atomic E-state index is 0.0790. The smallest absolute Gasteiger partial charge is 0.358 e. The molecule has 0 aliphatic carbocycles. The van der Waals surface area contributed by atoms with E-state index in [1.165, 1.54) is 16.8 Å². The number of carbonyl (C=O) groups is 1. The largest absolute Gasteiger partial charge is 0.461 e. The highest BCUT2D eigenvalue weighted by Gasteiger charge is 2.18. The third-order valence-electron chi connectivity index (χ3n) is 2.84. The number of nitrogens with two attached hydrogens (primary N) is 1. The molecule has 22 heavy (non-hydrogen) atoms. The number of primary sulfonamides is 1. The molecule has 2 aromatic rings. The van der Waals surface area contributed by atoms with Crippen LogP contribution in [0.15, 0.2) is 29.2 Å². The molecule has 0 aliphatic heterocycles. The molecule has 1 aromatic heterocycles. The van der Waals surface area contributed by atoms with E-state index in [9.17, 15) is 17.6 Å². The Morgan fingerprint density at radius 3 is 2.64 bits per heavy atom. The molecule has 7 nitrogen and oxygen atoms in total. The van der Waals surface area contributed by atoms with Gasteiger partial charge in [-0.15, -0.1) is 0 Å². The van der Waals surface area contributed by atoms with E-state index in [4.69, 9.17) is 9.88 Å². The van der Waals surface area contributed by atoms with Gasteiger partial charge >= 0.3 is 5.97 Å². The summed E-state index contributed by atoms with van der Waals surface area (Å²) in [6.45, 7) is 3.55. The second-order valence-electron chi connectivity index (χ2n) is 4.46. The molecule has 0 unspecified atom stereocenters. The second-order valence-corrected chi connectivity index (χ2v) is 5.99. The first kappa shape index (κ1) is 16.1. The Balaban J connectivity index is 2.45. The van der Waals surface area contributed by atoms with Crippen LogP contribution in [0.5, 0.6) is 0 Å². The zero-order valence-corrected chi connectivity index (χ0v) is 12.7. The van der Waals surface area contributed by atoms with Gasteiger partial charge in [0.2, 0.25) is 10.0 Å². The number of carbonyl (C=O) groups excluding carboxylic acids is 1. The number of sulfonamides is 1. The predicted molar refractivity (Wildman–Crippen MR) is 75.6 cm³/mol. The lowest BCUT2D eigenvalue weighted by atomic mass is 10.3. The van der Waals surface area contributed by atoms with Gasteiger partial charge in [0.1, 0.15) is 10.7 Å². The number of esters is 1. The van der Waals surface area contributed by atoms with Crippen molar-refractivity contribution >= 4 is 16.0 Å². The van der Waals surface area contributed by atoms with Gasteiger partial charge in [0.05, 0.1) is 12.3 Å². The molecular weight excluding hydrogens is 313 g/mol. The van der Waals surface area contributed by atoms with Crippen molar-refractivity contribution in [2.24, 2.45) is 5.14 Å². The van der Waals surface area contributed by atoms with Gasteiger partial charge in [0, 0.05) is 11.8 Å². The first-order valence-corrected chi connectivity index (χ1v) is 7.85. The average Bonchev–Trinajstić information content (AvgIpc) is 2.79. The lowest BCUT2D eigenvalue weighted by molar-refractivity contribution is 0.0519. The fourth-order valence-electron chi connectivity index (χ4n) is 1.89. The lowest BCUT2D eigenvalue weighted by Gasteiger charge is -2.06. The van der Waals surface area contributed by atoms with Crippen LogP contribution in [-0.2, 0) is 14.8 Å². The number of hydrogen-bond acceptors (Lipinski definition) is 5. The number of ether oxygens (including phenoxy) is 1. The first-order valence-electron chi connectivity index (χ1n) is 6.30. The monoisotopic (exact) mass is 327 g/mol. The standard InChI is InChI=1S/C13H14FN3O4S/c1-3-21-13(18)11-6-8(2)17(16-11)9-4-5-12(10(14)7-9)22(15,19)20/h4-7H,3H2,1-2H3,(H2,15,19,20). The maximum atomic E-state index is 13.9. The van der Waals surface area contributed by atoms with Crippen molar-refractivity contribution in [3.8, 4) is 5.69 Å². The Kier molecular flexibility index (Phi) is 4.29. The van der Waals surface area contributed by atoms with Crippen LogP contribution in [0.1, 0.15) is 23.1 Å². The molecule has 0 fully saturated rings. The zero-order valence-electron chi connectivity index (χ0n) is 11.9. The topological polar surface area (TPSA) is 104 Å². The molecule has 118 valence electrons. The third-order valence-corrected chi connectivity index (χ3v) is 3.78. The summed E-state index contributed by atoms with van der Waals surface area (Å²) in [5, 5.41) is 8.93. The summed E-state index contributed by atoms with van der Waals surface area (Å²) in [5.74, 6) is -1.58. The molecule has 1 heterocycles. The first-order chi connectivity index (χ1) is 10.2. The van der Waals surface area contributed by atoms with E-state index in [1.54, 1.807) is 13.8 Å². The molecule has 2 rings (SSSR count). The minimum Gasteiger partial charge on any atom is -0.461 e. The van der Waals surface area contributed by atoms with Crippen LogP contribution in [-0.4, -0.2) is 30.8 Å². The van der Waals surface area contributed by atoms with Crippen LogP contribution in [0, 0.1) is 12.7 Å². The van der Waals surface area contributed by atoms with Gasteiger partial charge in [0.15, 0.2) is 5.69 Å². The lowest BCUT2D eigenvalue weighted by Crippen LogP contribution is -2.14. The number of nitrogens with zero attached hydrogens (tertiary/aromatic N) is 2. The van der Waals surface area contributed by atoms with E-state index >= 15 is 0 Å². The summed E-state index contributed by atoms with van der Waals surface area (Å²) in [6, 6.07) is 4.86. The Hall–Kier alpha value is -2.26. The van der Waals surface area contributed by atoms with Gasteiger partial charge in [-0.05, 0) is 32.0 Å². The quantitative estimate of drug-likeness (QED) is 0.848. The Morgan fingerprint density at radius 1 is 1.41 bits per heavy atom. The van der Waals surface area contributed by atoms with E-state index in [-0.39, 0.29) is 18.0 Å². The van der Waals surface area contributed by atoms with Crippen LogP contribution >= 0.6 is 0 Å². The van der Waals surface area contributed by atoms with Crippen LogP contribution in [0.2, 0.25) is 0 Å². The van der Waals surface area contributed by atoms with Crippen molar-refractivity contribution in [3.63, 3.8) is 0 Å². The summed E-state index contributed by atoms with van der Waals surface area (Å²) in [4.78, 5) is 11.0. The Morgan fingerprint density at radius 2 is 2.09 bits per heavy atom. The van der Waals surface area contributed by atoms with E-state index in [0.717, 1.165) is 12.1 Å². The third kappa shape index (κ3) is 3.15. The van der Waals surface area contributed by atoms with Gasteiger partial charge in [-0.1, -0.05) is 0 Å². The highest BCUT2D eigenvalue weighted by molar-refractivity contribution is 7.89. The molecular formula is C13H14FN3O4S. The van der Waals surface area contributed by atoms with E-state index in [2.05, 4.69) is 5.10 Å². The average molecular weight is 327 g/mol. The molecule has 2 N–H and O–H groups in total. The van der Waals surface area contributed by atoms with Gasteiger partial charge in [-0.25, -0.2) is 27.4 Å². The van der Waals surface area contributed by atoms with Crippen LogP contribution in [0.25, 0.3) is 5.69 Å². The fourth-order valence-corrected chi connectivity index (χ4v) is 2.48. The number of aryl methyl sites for hydroxylation is 1. The molecule has 0 aliphatic rings. The fraction of sp³-hybridized carbons (Fsp3) is 0.231. The molecule has 0 bridgehead atoms. The summed E-state index contributed by atoms with van der Waals surface area (Å²) in [6.07, 6.45) is 0. The molecule has 0 saturated heterocycles. The number of aromatic nitrogens is 2. The van der Waals surface area contributed by atoms with Crippen molar-refractivity contribution < 1.29 is 22.3 Å². The molecule has 0 atom stereocenters. The minimum atomic E-state index is -4.14. The molecule has 0 spiro atoms. The van der Waals surface area contributed by atoms with Crippen molar-refractivity contribution in [3.05, 3.63) is 41.5 Å². The number of halogens is 1. The van der Waals surface area contributed by atoms with Crippen molar-refractivity contribution in [2.75, 3.05) is 6.61 Å². The molecule has 9 heteroatoms. The van der Waals surface area contributed by atoms with Crippen molar-refractivity contribution in [1.82, 2.24) is 9.78 Å². The molecule has 0 radical (unpaired) electrons. The maximum Gasteiger partial charge on any atom is 0.358 e. The normalized spacial score (nSPS) is 11.5. The summed E-state index contributed by atoms with van der Waals surface area (Å²) >= 11 is 0. The van der Waals surface area contributed by atoms with Gasteiger partial charge < -0.3 is 4.74 Å². The van der Waals surface area contributed by atoms with E-state index in [1.807, 2.05) is 0 Å². The van der Waals surface area contributed by atoms with Crippen LogP contribution < -0.4 is 5.14 Å². The zero-order chi connectivity index (χ0) is 16.5. The molecule has 0 amide bonds. The Bertz CT molecular complexity index is 830. The van der Waals surface area contributed by atoms with Crippen LogP contribution in [0.3, 0.4) is 0 Å². The number of benzene rings is 1. The maximum absolute atomic E-state index is 13.9. The van der Waals surface area contributed by atoms with Crippen molar-refractivity contribution in [1.29, 1.82) is 0 Å². The van der Waals surface area contributed by atoms with Gasteiger partial charge in [-0.2, -0.15) is 5.10 Å².